The quantitative estimate of drug-likeness (QED) is 0.884. The number of hydrogen-bond donors (Lipinski definition) is 1. The molecule has 1 saturated heterocycles. The molecule has 25 heavy (non-hydrogen) atoms. The standard InChI is InChI=1S/C19H20N2O2S.ClH/c22-19(14-24-18-20-11-4-12-21(18)19)13-23-17-9-7-16(8-10-17)15-5-2-1-3-6-15;/h1-3,5-10,22H,4,11-14H2;1H. The molecule has 1 fully saturated rings. The van der Waals surface area contributed by atoms with Crippen molar-refractivity contribution in [2.75, 3.05) is 25.4 Å². The van der Waals surface area contributed by atoms with Crippen LogP contribution in [0.2, 0.25) is 0 Å². The first kappa shape index (κ1) is 18.1. The van der Waals surface area contributed by atoms with E-state index in [4.69, 9.17) is 4.74 Å². The van der Waals surface area contributed by atoms with E-state index in [2.05, 4.69) is 17.1 Å². The second-order valence-corrected chi connectivity index (χ2v) is 7.06. The van der Waals surface area contributed by atoms with Crippen LogP contribution in [0.1, 0.15) is 6.42 Å². The largest absolute Gasteiger partial charge is 0.489 e. The highest BCUT2D eigenvalue weighted by Crippen LogP contribution is 2.34. The van der Waals surface area contributed by atoms with Gasteiger partial charge in [-0.2, -0.15) is 0 Å². The molecule has 0 spiro atoms. The molecule has 0 saturated carbocycles. The van der Waals surface area contributed by atoms with Gasteiger partial charge in [0.1, 0.15) is 12.4 Å². The van der Waals surface area contributed by atoms with E-state index in [0.29, 0.717) is 5.75 Å². The van der Waals surface area contributed by atoms with Gasteiger partial charge < -0.3 is 14.7 Å². The fraction of sp³-hybridized carbons (Fsp3) is 0.316. The van der Waals surface area contributed by atoms with E-state index in [1.807, 2.05) is 47.4 Å². The molecule has 4 rings (SSSR count). The van der Waals surface area contributed by atoms with Gasteiger partial charge in [-0.25, -0.2) is 0 Å². The maximum absolute atomic E-state index is 10.9. The SMILES string of the molecule is Cl.OC1(COc2ccc(-c3ccccc3)cc2)CSC2=NCCCN21. The molecular formula is C19H21ClN2O2S. The molecule has 2 aliphatic rings. The molecule has 0 bridgehead atoms. The first-order valence-electron chi connectivity index (χ1n) is 8.20. The molecule has 2 heterocycles. The van der Waals surface area contributed by atoms with Crippen molar-refractivity contribution in [1.29, 1.82) is 0 Å². The summed E-state index contributed by atoms with van der Waals surface area (Å²) < 4.78 is 5.87. The van der Waals surface area contributed by atoms with Crippen molar-refractivity contribution >= 4 is 29.3 Å². The number of aliphatic imine (C=N–C) groups is 1. The molecule has 132 valence electrons. The minimum atomic E-state index is -0.956. The number of hydrogen-bond acceptors (Lipinski definition) is 5. The van der Waals surface area contributed by atoms with Crippen LogP contribution in [-0.4, -0.2) is 46.3 Å². The van der Waals surface area contributed by atoms with Crippen molar-refractivity contribution in [3.63, 3.8) is 0 Å². The highest BCUT2D eigenvalue weighted by molar-refractivity contribution is 8.14. The lowest BCUT2D eigenvalue weighted by Crippen LogP contribution is -2.53. The van der Waals surface area contributed by atoms with Crippen molar-refractivity contribution in [1.82, 2.24) is 4.90 Å². The summed E-state index contributed by atoms with van der Waals surface area (Å²) in [6, 6.07) is 18.3. The predicted octanol–water partition coefficient (Wildman–Crippen LogP) is 3.65. The van der Waals surface area contributed by atoms with Gasteiger partial charge in [0.05, 0.1) is 5.75 Å². The van der Waals surface area contributed by atoms with Gasteiger partial charge in [0.2, 0.25) is 0 Å². The van der Waals surface area contributed by atoms with Crippen LogP contribution in [0.25, 0.3) is 11.1 Å². The Labute approximate surface area is 158 Å². The number of halogens is 1. The van der Waals surface area contributed by atoms with Gasteiger partial charge in [0, 0.05) is 13.1 Å². The van der Waals surface area contributed by atoms with Crippen LogP contribution < -0.4 is 4.74 Å². The number of benzene rings is 2. The van der Waals surface area contributed by atoms with Crippen molar-refractivity contribution < 1.29 is 9.84 Å². The Kier molecular flexibility index (Phi) is 5.57. The molecule has 2 aromatic carbocycles. The molecule has 2 aromatic rings. The van der Waals surface area contributed by atoms with Gasteiger partial charge in [0.25, 0.3) is 0 Å². The maximum atomic E-state index is 10.9. The maximum Gasteiger partial charge on any atom is 0.183 e. The van der Waals surface area contributed by atoms with Crippen LogP contribution in [-0.2, 0) is 0 Å². The Hall–Kier alpha value is -1.69. The second-order valence-electron chi connectivity index (χ2n) is 6.12. The number of amidine groups is 1. The zero-order valence-corrected chi connectivity index (χ0v) is 15.4. The summed E-state index contributed by atoms with van der Waals surface area (Å²) >= 11 is 1.61. The molecular weight excluding hydrogens is 356 g/mol. The Balaban J connectivity index is 0.00000182. The number of rotatable bonds is 4. The van der Waals surface area contributed by atoms with E-state index in [1.165, 1.54) is 5.56 Å². The molecule has 0 aliphatic carbocycles. The number of thioether (sulfide) groups is 1. The summed E-state index contributed by atoms with van der Waals surface area (Å²) in [7, 11) is 0. The molecule has 4 nitrogen and oxygen atoms in total. The van der Waals surface area contributed by atoms with Crippen LogP contribution in [0.3, 0.4) is 0 Å². The summed E-state index contributed by atoms with van der Waals surface area (Å²) in [5, 5.41) is 11.8. The van der Waals surface area contributed by atoms with Crippen LogP contribution in [0.4, 0.5) is 0 Å². The molecule has 0 aromatic heterocycles. The Morgan fingerprint density at radius 1 is 1.08 bits per heavy atom. The summed E-state index contributed by atoms with van der Waals surface area (Å²) in [6.45, 7) is 1.96. The molecule has 6 heteroatoms. The average molecular weight is 377 g/mol. The molecule has 1 unspecified atom stereocenters. The summed E-state index contributed by atoms with van der Waals surface area (Å²) in [4.78, 5) is 6.46. The first-order chi connectivity index (χ1) is 11.7. The lowest BCUT2D eigenvalue weighted by Gasteiger charge is -2.35. The van der Waals surface area contributed by atoms with E-state index >= 15 is 0 Å². The monoisotopic (exact) mass is 376 g/mol. The fourth-order valence-corrected chi connectivity index (χ4v) is 4.24. The van der Waals surface area contributed by atoms with Crippen molar-refractivity contribution in [3.05, 3.63) is 54.6 Å². The van der Waals surface area contributed by atoms with E-state index in [9.17, 15) is 5.11 Å². The number of nitrogens with zero attached hydrogens (tertiary/aromatic N) is 2. The Morgan fingerprint density at radius 2 is 1.80 bits per heavy atom. The van der Waals surface area contributed by atoms with Gasteiger partial charge in [0.15, 0.2) is 10.9 Å². The van der Waals surface area contributed by atoms with Crippen LogP contribution in [0.15, 0.2) is 59.6 Å². The smallest absolute Gasteiger partial charge is 0.183 e. The Morgan fingerprint density at radius 3 is 2.56 bits per heavy atom. The minimum absolute atomic E-state index is 0. The van der Waals surface area contributed by atoms with Gasteiger partial charge >= 0.3 is 0 Å². The zero-order valence-electron chi connectivity index (χ0n) is 13.8. The lowest BCUT2D eigenvalue weighted by atomic mass is 10.1. The number of aliphatic hydroxyl groups is 1. The predicted molar refractivity (Wildman–Crippen MR) is 106 cm³/mol. The van der Waals surface area contributed by atoms with E-state index in [1.54, 1.807) is 11.8 Å². The highest BCUT2D eigenvalue weighted by atomic mass is 35.5. The van der Waals surface area contributed by atoms with Crippen molar-refractivity contribution in [3.8, 4) is 16.9 Å². The zero-order chi connectivity index (χ0) is 16.4. The van der Waals surface area contributed by atoms with Gasteiger partial charge in [-0.15, -0.1) is 12.4 Å². The normalized spacial score (nSPS) is 22.0. The third-order valence-corrected chi connectivity index (χ3v) is 5.60. The summed E-state index contributed by atoms with van der Waals surface area (Å²) in [5.41, 5.74) is 1.38. The molecule has 0 radical (unpaired) electrons. The molecule has 0 amide bonds. The van der Waals surface area contributed by atoms with Gasteiger partial charge in [-0.05, 0) is 29.7 Å². The van der Waals surface area contributed by atoms with Gasteiger partial charge in [-0.1, -0.05) is 54.2 Å². The summed E-state index contributed by atoms with van der Waals surface area (Å²) in [5.74, 6) is 1.38. The van der Waals surface area contributed by atoms with E-state index in [-0.39, 0.29) is 19.0 Å². The van der Waals surface area contributed by atoms with Crippen LogP contribution >= 0.6 is 24.2 Å². The fourth-order valence-electron chi connectivity index (χ4n) is 3.04. The first-order valence-corrected chi connectivity index (χ1v) is 9.19. The number of fused-ring (bicyclic) bond motifs is 1. The molecule has 1 atom stereocenters. The summed E-state index contributed by atoms with van der Waals surface area (Å²) in [6.07, 6.45) is 0.984. The third-order valence-electron chi connectivity index (χ3n) is 4.38. The highest BCUT2D eigenvalue weighted by Gasteiger charge is 2.44. The van der Waals surface area contributed by atoms with E-state index < -0.39 is 5.72 Å². The molecule has 2 aliphatic heterocycles. The molecule has 1 N–H and O–H groups in total. The lowest BCUT2D eigenvalue weighted by molar-refractivity contribution is -0.0751. The Bertz CT molecular complexity index is 739. The van der Waals surface area contributed by atoms with Crippen molar-refractivity contribution in [2.45, 2.75) is 12.1 Å². The topological polar surface area (TPSA) is 45.1 Å². The average Bonchev–Trinajstić information content (AvgIpc) is 2.99. The second kappa shape index (κ2) is 7.68. The van der Waals surface area contributed by atoms with Crippen molar-refractivity contribution in [2.24, 2.45) is 4.99 Å². The minimum Gasteiger partial charge on any atom is -0.489 e. The van der Waals surface area contributed by atoms with Crippen LogP contribution in [0, 0.1) is 0 Å². The van der Waals surface area contributed by atoms with Crippen LogP contribution in [0.5, 0.6) is 5.75 Å². The number of ether oxygens (including phenoxy) is 1. The van der Waals surface area contributed by atoms with Gasteiger partial charge in [-0.3, -0.25) is 4.99 Å². The third kappa shape index (κ3) is 3.78. The van der Waals surface area contributed by atoms with E-state index in [0.717, 1.165) is 36.0 Å².